The fourth-order valence-corrected chi connectivity index (χ4v) is 3.35. The van der Waals surface area contributed by atoms with E-state index < -0.39 is 11.9 Å². The van der Waals surface area contributed by atoms with Crippen LogP contribution in [-0.4, -0.2) is 11.9 Å². The molecule has 0 saturated carbocycles. The smallest absolute Gasteiger partial charge is 0.347 e. The Bertz CT molecular complexity index is 884. The van der Waals surface area contributed by atoms with E-state index in [0.29, 0.717) is 22.7 Å². The Morgan fingerprint density at radius 1 is 0.720 bits per heavy atom. The molecule has 1 aliphatic rings. The van der Waals surface area contributed by atoms with E-state index >= 15 is 0 Å². The van der Waals surface area contributed by atoms with Crippen molar-refractivity contribution in [2.45, 2.75) is 41.5 Å². The van der Waals surface area contributed by atoms with Gasteiger partial charge >= 0.3 is 11.9 Å². The van der Waals surface area contributed by atoms with Crippen LogP contribution in [0.4, 0.5) is 0 Å². The second kappa shape index (κ2) is 5.92. The third-order valence-electron chi connectivity index (χ3n) is 4.48. The molecule has 25 heavy (non-hydrogen) atoms. The van der Waals surface area contributed by atoms with Crippen molar-refractivity contribution in [2.24, 2.45) is 0 Å². The lowest BCUT2D eigenvalue weighted by atomic mass is 9.92. The Morgan fingerprint density at radius 2 is 1.08 bits per heavy atom. The minimum atomic E-state index is -0.632. The van der Waals surface area contributed by atoms with Crippen molar-refractivity contribution in [3.63, 3.8) is 0 Å². The fraction of sp³-hybridized carbons (Fsp3) is 0.300. The molecule has 0 unspecified atom stereocenters. The van der Waals surface area contributed by atoms with Crippen LogP contribution in [0.25, 0.3) is 11.1 Å². The molecule has 1 aliphatic heterocycles. The lowest BCUT2D eigenvalue weighted by Gasteiger charge is -2.07. The van der Waals surface area contributed by atoms with Gasteiger partial charge in [0.1, 0.15) is 23.0 Å². The van der Waals surface area contributed by atoms with E-state index in [2.05, 4.69) is 0 Å². The molecule has 3 heterocycles. The Morgan fingerprint density at radius 3 is 1.36 bits per heavy atom. The zero-order valence-electron chi connectivity index (χ0n) is 15.2. The molecule has 130 valence electrons. The van der Waals surface area contributed by atoms with Crippen molar-refractivity contribution in [3.8, 4) is 0 Å². The molecule has 0 amide bonds. The Labute approximate surface area is 146 Å². The number of aryl methyl sites for hydroxylation is 4. The normalized spacial score (nSPS) is 18.6. The summed E-state index contributed by atoms with van der Waals surface area (Å²) in [4.78, 5) is 24.7. The molecule has 5 nitrogen and oxygen atoms in total. The quantitative estimate of drug-likeness (QED) is 0.459. The molecule has 0 bridgehead atoms. The summed E-state index contributed by atoms with van der Waals surface area (Å²) in [7, 11) is 0. The average molecular weight is 340 g/mol. The number of allylic oxidation sites excluding steroid dienone is 2. The van der Waals surface area contributed by atoms with Gasteiger partial charge in [-0.2, -0.15) is 0 Å². The van der Waals surface area contributed by atoms with E-state index in [9.17, 15) is 9.59 Å². The summed E-state index contributed by atoms with van der Waals surface area (Å²) in [6, 6.07) is 3.71. The summed E-state index contributed by atoms with van der Waals surface area (Å²) >= 11 is 0. The van der Waals surface area contributed by atoms with Gasteiger partial charge in [-0.05, 0) is 64.8 Å². The summed E-state index contributed by atoms with van der Waals surface area (Å²) in [6.45, 7) is 10.9. The maximum atomic E-state index is 12.4. The molecule has 0 N–H and O–H groups in total. The summed E-state index contributed by atoms with van der Waals surface area (Å²) in [6.07, 6.45) is 0. The molecular formula is C20H20O5. The van der Waals surface area contributed by atoms with Gasteiger partial charge < -0.3 is 13.6 Å². The number of hydrogen-bond donors (Lipinski definition) is 0. The van der Waals surface area contributed by atoms with Crippen molar-refractivity contribution in [3.05, 3.63) is 57.4 Å². The number of cyclic esters (lactones) is 2. The molecule has 2 aromatic heterocycles. The van der Waals surface area contributed by atoms with E-state index in [1.165, 1.54) is 0 Å². The number of carbonyl (C=O) groups excluding carboxylic acids is 2. The first kappa shape index (κ1) is 17.0. The average Bonchev–Trinajstić information content (AvgIpc) is 3.13. The standard InChI is InChI=1S/C20H20O5/c1-9-7-15(13(5)23-9)11(3)17-18(20(22)25-19(17)21)12(4)16-8-10(2)24-14(16)6/h7-8H,1-6H3. The first-order valence-corrected chi connectivity index (χ1v) is 8.04. The van der Waals surface area contributed by atoms with Gasteiger partial charge in [-0.25, -0.2) is 9.59 Å². The molecule has 0 aromatic carbocycles. The molecule has 1 fully saturated rings. The molecule has 5 heteroatoms. The fourth-order valence-electron chi connectivity index (χ4n) is 3.35. The van der Waals surface area contributed by atoms with Crippen LogP contribution in [0, 0.1) is 27.7 Å². The van der Waals surface area contributed by atoms with E-state index in [1.54, 1.807) is 13.8 Å². The minimum absolute atomic E-state index is 0.282. The number of ether oxygens (including phenoxy) is 1. The first-order chi connectivity index (χ1) is 11.7. The first-order valence-electron chi connectivity index (χ1n) is 8.04. The predicted molar refractivity (Wildman–Crippen MR) is 92.7 cm³/mol. The van der Waals surface area contributed by atoms with Crippen molar-refractivity contribution in [1.29, 1.82) is 0 Å². The van der Waals surface area contributed by atoms with Crippen LogP contribution < -0.4 is 0 Å². The van der Waals surface area contributed by atoms with Crippen LogP contribution >= 0.6 is 0 Å². The summed E-state index contributed by atoms with van der Waals surface area (Å²) in [5, 5.41) is 0. The summed E-state index contributed by atoms with van der Waals surface area (Å²) in [5.41, 5.74) is 3.48. The number of hydrogen-bond acceptors (Lipinski definition) is 5. The van der Waals surface area contributed by atoms with Gasteiger partial charge in [-0.1, -0.05) is 0 Å². The van der Waals surface area contributed by atoms with Gasteiger partial charge in [0.15, 0.2) is 0 Å². The van der Waals surface area contributed by atoms with Crippen LogP contribution in [0.2, 0.25) is 0 Å². The Kier molecular flexibility index (Phi) is 4.03. The molecular weight excluding hydrogens is 320 g/mol. The maximum absolute atomic E-state index is 12.4. The van der Waals surface area contributed by atoms with Crippen molar-refractivity contribution in [2.75, 3.05) is 0 Å². The lowest BCUT2D eigenvalue weighted by molar-refractivity contribution is -0.149. The monoisotopic (exact) mass is 340 g/mol. The molecule has 0 spiro atoms. The van der Waals surface area contributed by atoms with Gasteiger partial charge in [0, 0.05) is 11.1 Å². The van der Waals surface area contributed by atoms with Crippen LogP contribution in [0.15, 0.2) is 32.1 Å². The topological polar surface area (TPSA) is 69.7 Å². The highest BCUT2D eigenvalue weighted by molar-refractivity contribution is 6.24. The van der Waals surface area contributed by atoms with E-state index in [1.807, 2.05) is 39.8 Å². The highest BCUT2D eigenvalue weighted by atomic mass is 16.6. The maximum Gasteiger partial charge on any atom is 0.347 e. The third kappa shape index (κ3) is 2.76. The molecule has 0 atom stereocenters. The second-order valence-electron chi connectivity index (χ2n) is 6.33. The van der Waals surface area contributed by atoms with E-state index in [0.717, 1.165) is 22.6 Å². The predicted octanol–water partition coefficient (Wildman–Crippen LogP) is 4.44. The van der Waals surface area contributed by atoms with Crippen LogP contribution in [-0.2, 0) is 14.3 Å². The van der Waals surface area contributed by atoms with Crippen LogP contribution in [0.1, 0.15) is 48.0 Å². The van der Waals surface area contributed by atoms with E-state index in [4.69, 9.17) is 13.6 Å². The lowest BCUT2D eigenvalue weighted by Crippen LogP contribution is -2.00. The Balaban J connectivity index is 2.27. The summed E-state index contributed by atoms with van der Waals surface area (Å²) < 4.78 is 16.0. The van der Waals surface area contributed by atoms with Gasteiger partial charge in [-0.3, -0.25) is 0 Å². The minimum Gasteiger partial charge on any atom is -0.466 e. The van der Waals surface area contributed by atoms with Crippen molar-refractivity contribution in [1.82, 2.24) is 0 Å². The molecule has 0 aliphatic carbocycles. The highest BCUT2D eigenvalue weighted by Crippen LogP contribution is 2.37. The summed E-state index contributed by atoms with van der Waals surface area (Å²) in [5.74, 6) is 1.62. The van der Waals surface area contributed by atoms with Crippen molar-refractivity contribution < 1.29 is 23.2 Å². The number of esters is 2. The van der Waals surface area contributed by atoms with Gasteiger partial charge in [-0.15, -0.1) is 0 Å². The van der Waals surface area contributed by atoms with Crippen LogP contribution in [0.5, 0.6) is 0 Å². The van der Waals surface area contributed by atoms with Gasteiger partial charge in [0.05, 0.1) is 11.1 Å². The second-order valence-corrected chi connectivity index (χ2v) is 6.33. The number of rotatable bonds is 2. The molecule has 1 saturated heterocycles. The third-order valence-corrected chi connectivity index (χ3v) is 4.48. The zero-order valence-corrected chi connectivity index (χ0v) is 15.2. The molecule has 2 aromatic rings. The highest BCUT2D eigenvalue weighted by Gasteiger charge is 2.38. The molecule has 3 rings (SSSR count). The SMILES string of the molecule is CC(=C1C(=O)OC(=O)C1=C(C)c1cc(C)oc1C)c1cc(C)oc1C. The molecule has 0 radical (unpaired) electrons. The zero-order chi connectivity index (χ0) is 18.5. The Hall–Kier alpha value is -2.82. The van der Waals surface area contributed by atoms with Gasteiger partial charge in [0.25, 0.3) is 0 Å². The largest absolute Gasteiger partial charge is 0.466 e. The van der Waals surface area contributed by atoms with Crippen molar-refractivity contribution >= 4 is 23.1 Å². The van der Waals surface area contributed by atoms with Crippen LogP contribution in [0.3, 0.4) is 0 Å². The van der Waals surface area contributed by atoms with E-state index in [-0.39, 0.29) is 11.1 Å². The van der Waals surface area contributed by atoms with Gasteiger partial charge in [0.2, 0.25) is 0 Å². The number of carbonyl (C=O) groups is 2. The number of furan rings is 2.